The molecular weight excluding hydrogens is 693 g/mol. The van der Waals surface area contributed by atoms with Crippen LogP contribution in [0, 0.1) is 18.2 Å². The number of fused-ring (bicyclic) bond motifs is 1. The van der Waals surface area contributed by atoms with Gasteiger partial charge in [-0.1, -0.05) is 42.1 Å². The first-order valence-electron chi connectivity index (χ1n) is 13.6. The van der Waals surface area contributed by atoms with Crippen molar-refractivity contribution in [2.24, 2.45) is 0 Å². The van der Waals surface area contributed by atoms with Crippen LogP contribution in [0.15, 0.2) is 146 Å². The monoisotopic (exact) mass is 724 g/mol. The van der Waals surface area contributed by atoms with Crippen molar-refractivity contribution in [2.75, 3.05) is 16.8 Å². The van der Waals surface area contributed by atoms with Crippen molar-refractivity contribution in [3.63, 3.8) is 0 Å². The van der Waals surface area contributed by atoms with Gasteiger partial charge >= 0.3 is 20.1 Å². The first kappa shape index (κ1) is 30.4. The summed E-state index contributed by atoms with van der Waals surface area (Å²) in [5.74, 6) is 0. The molecule has 6 aromatic rings. The topological polar surface area (TPSA) is 32.3 Å². The minimum atomic E-state index is 0. The SMILES string of the molecule is CC1N(C)c2ccccc2N1c1[c-]cccc1.[Ir+3].[c-]1ccccc1-c1ccccn1.[c-]1ccccc1-c1ccccn1. The molecule has 0 bridgehead atoms. The van der Waals surface area contributed by atoms with E-state index in [0.29, 0.717) is 6.17 Å². The molecule has 208 valence electrons. The molecule has 0 saturated heterocycles. The maximum Gasteiger partial charge on any atom is 3.00 e. The molecule has 4 nitrogen and oxygen atoms in total. The number of hydrogen-bond acceptors (Lipinski definition) is 4. The van der Waals surface area contributed by atoms with Crippen LogP contribution in [0.3, 0.4) is 0 Å². The van der Waals surface area contributed by atoms with Gasteiger partial charge in [0.25, 0.3) is 0 Å². The summed E-state index contributed by atoms with van der Waals surface area (Å²) in [5.41, 5.74) is 7.67. The van der Waals surface area contributed by atoms with Gasteiger partial charge in [0.05, 0.1) is 11.4 Å². The van der Waals surface area contributed by atoms with Crippen molar-refractivity contribution < 1.29 is 20.1 Å². The average Bonchev–Trinajstić information content (AvgIpc) is 3.33. The Morgan fingerprint density at radius 2 is 1.02 bits per heavy atom. The first-order valence-corrected chi connectivity index (χ1v) is 13.6. The maximum absolute atomic E-state index is 4.22. The summed E-state index contributed by atoms with van der Waals surface area (Å²) in [7, 11) is 2.13. The Morgan fingerprint density at radius 1 is 0.548 bits per heavy atom. The van der Waals surface area contributed by atoms with Crippen LogP contribution in [0.1, 0.15) is 6.92 Å². The van der Waals surface area contributed by atoms with E-state index in [4.69, 9.17) is 0 Å². The molecule has 1 aliphatic rings. The predicted octanol–water partition coefficient (Wildman–Crippen LogP) is 8.52. The molecule has 1 atom stereocenters. The van der Waals surface area contributed by atoms with E-state index in [9.17, 15) is 0 Å². The van der Waals surface area contributed by atoms with Gasteiger partial charge in [-0.3, -0.25) is 0 Å². The van der Waals surface area contributed by atoms with Crippen LogP contribution in [-0.2, 0) is 20.1 Å². The Kier molecular flexibility index (Phi) is 11.2. The number of nitrogens with zero attached hydrogens (tertiary/aromatic N) is 4. The minimum absolute atomic E-state index is 0. The molecule has 0 aliphatic carbocycles. The quantitative estimate of drug-likeness (QED) is 0.172. The smallest absolute Gasteiger partial charge is 0.353 e. The van der Waals surface area contributed by atoms with Gasteiger partial charge < -0.3 is 19.8 Å². The van der Waals surface area contributed by atoms with E-state index < -0.39 is 0 Å². The van der Waals surface area contributed by atoms with Gasteiger partial charge in [-0.2, -0.15) is 24.3 Å². The average molecular weight is 724 g/mol. The summed E-state index contributed by atoms with van der Waals surface area (Å²) in [6.07, 6.45) is 3.90. The zero-order chi connectivity index (χ0) is 28.3. The molecule has 1 aliphatic heterocycles. The van der Waals surface area contributed by atoms with E-state index >= 15 is 0 Å². The van der Waals surface area contributed by atoms with E-state index in [1.165, 1.54) is 11.4 Å². The second-order valence-corrected chi connectivity index (χ2v) is 9.33. The van der Waals surface area contributed by atoms with E-state index in [1.807, 2.05) is 97.1 Å². The minimum Gasteiger partial charge on any atom is -0.353 e. The zero-order valence-electron chi connectivity index (χ0n) is 23.6. The molecule has 0 amide bonds. The third kappa shape index (κ3) is 7.58. The number of anilines is 3. The van der Waals surface area contributed by atoms with Crippen LogP contribution in [0.25, 0.3) is 22.5 Å². The number of pyridine rings is 2. The Labute approximate surface area is 262 Å². The van der Waals surface area contributed by atoms with Crippen LogP contribution < -0.4 is 9.80 Å². The number of hydrogen-bond donors (Lipinski definition) is 0. The Bertz CT molecular complexity index is 1450. The van der Waals surface area contributed by atoms with Crippen LogP contribution in [0.5, 0.6) is 0 Å². The Morgan fingerprint density at radius 3 is 1.48 bits per heavy atom. The number of para-hydroxylation sites is 3. The number of rotatable bonds is 3. The Balaban J connectivity index is 0.000000146. The number of aromatic nitrogens is 2. The summed E-state index contributed by atoms with van der Waals surface area (Å²) in [4.78, 5) is 13.0. The van der Waals surface area contributed by atoms with Crippen LogP contribution >= 0.6 is 0 Å². The molecule has 0 fully saturated rings. The van der Waals surface area contributed by atoms with Crippen LogP contribution in [-0.4, -0.2) is 23.2 Å². The molecule has 0 spiro atoms. The van der Waals surface area contributed by atoms with Crippen LogP contribution in [0.2, 0.25) is 0 Å². The normalized spacial score (nSPS) is 13.0. The van der Waals surface area contributed by atoms with E-state index in [1.54, 1.807) is 12.4 Å². The molecule has 0 radical (unpaired) electrons. The fraction of sp³-hybridized carbons (Fsp3) is 0.0811. The van der Waals surface area contributed by atoms with E-state index in [2.05, 4.69) is 88.3 Å². The molecule has 7 rings (SSSR count). The maximum atomic E-state index is 4.22. The molecule has 2 aromatic heterocycles. The van der Waals surface area contributed by atoms with E-state index in [-0.39, 0.29) is 20.1 Å². The van der Waals surface area contributed by atoms with Gasteiger partial charge in [0, 0.05) is 19.4 Å². The Hall–Kier alpha value is -4.57. The summed E-state index contributed by atoms with van der Waals surface area (Å²) in [6, 6.07) is 53.5. The largest absolute Gasteiger partial charge is 3.00 e. The molecule has 3 heterocycles. The second-order valence-electron chi connectivity index (χ2n) is 9.33. The van der Waals surface area contributed by atoms with Gasteiger partial charge in [0.2, 0.25) is 0 Å². The van der Waals surface area contributed by atoms with Gasteiger partial charge in [-0.25, -0.2) is 0 Å². The van der Waals surface area contributed by atoms with Crippen molar-refractivity contribution in [3.8, 4) is 22.5 Å². The predicted molar refractivity (Wildman–Crippen MR) is 169 cm³/mol. The van der Waals surface area contributed by atoms with Crippen molar-refractivity contribution in [2.45, 2.75) is 13.1 Å². The fourth-order valence-corrected chi connectivity index (χ4v) is 4.56. The van der Waals surface area contributed by atoms with Gasteiger partial charge in [0.15, 0.2) is 0 Å². The van der Waals surface area contributed by atoms with Crippen molar-refractivity contribution in [1.82, 2.24) is 9.97 Å². The first-order chi connectivity index (χ1) is 20.2. The number of benzene rings is 4. The van der Waals surface area contributed by atoms with E-state index in [0.717, 1.165) is 28.2 Å². The molecule has 4 aromatic carbocycles. The molecule has 42 heavy (non-hydrogen) atoms. The summed E-state index contributed by atoms with van der Waals surface area (Å²) in [6.45, 7) is 2.21. The third-order valence-electron chi connectivity index (χ3n) is 6.71. The molecule has 1 unspecified atom stereocenters. The van der Waals surface area contributed by atoms with Crippen molar-refractivity contribution in [1.29, 1.82) is 0 Å². The summed E-state index contributed by atoms with van der Waals surface area (Å²) >= 11 is 0. The van der Waals surface area contributed by atoms with Gasteiger partial charge in [-0.05, 0) is 42.6 Å². The van der Waals surface area contributed by atoms with Crippen molar-refractivity contribution >= 4 is 17.1 Å². The summed E-state index contributed by atoms with van der Waals surface area (Å²) < 4.78 is 0. The second kappa shape index (κ2) is 15.4. The van der Waals surface area contributed by atoms with Gasteiger partial charge in [0.1, 0.15) is 6.17 Å². The van der Waals surface area contributed by atoms with Gasteiger partial charge in [-0.15, -0.1) is 77.9 Å². The van der Waals surface area contributed by atoms with Crippen molar-refractivity contribution in [3.05, 3.63) is 164 Å². The fourth-order valence-electron chi connectivity index (χ4n) is 4.56. The molecule has 0 saturated carbocycles. The molecule has 5 heteroatoms. The molecular formula is C37H31IrN4. The van der Waals surface area contributed by atoms with Crippen LogP contribution in [0.4, 0.5) is 17.1 Å². The standard InChI is InChI=1S/C15H15N2.2C11H8N.Ir/c1-12-16(2)14-10-6-7-11-15(14)17(12)13-8-4-3-5-9-13;2*1-2-6-10(7-3-1)11-8-4-5-9-12-11;/h3-8,10-12H,1-2H3;2*1-6,8-9H;/q3*-1;+3. The summed E-state index contributed by atoms with van der Waals surface area (Å²) in [5, 5.41) is 0. The third-order valence-corrected chi connectivity index (χ3v) is 6.71. The zero-order valence-corrected chi connectivity index (χ0v) is 26.0. The molecule has 0 N–H and O–H groups in total.